The number of rotatable bonds is 4. The van der Waals surface area contributed by atoms with Gasteiger partial charge < -0.3 is 14.8 Å². The highest BCUT2D eigenvalue weighted by Crippen LogP contribution is 2.35. The molecule has 0 amide bonds. The fraction of sp³-hybridized carbons (Fsp3) is 0.0909. The van der Waals surface area contributed by atoms with E-state index in [2.05, 4.69) is 9.97 Å². The Morgan fingerprint density at radius 3 is 2.45 bits per heavy atom. The highest BCUT2D eigenvalue weighted by molar-refractivity contribution is 6.34. The minimum absolute atomic E-state index is 0.112. The third-order valence-corrected chi connectivity index (χ3v) is 5.04. The molecule has 0 saturated heterocycles. The molecule has 9 heteroatoms. The molecule has 0 unspecified atom stereocenters. The molecule has 0 aliphatic heterocycles. The predicted molar refractivity (Wildman–Crippen MR) is 110 cm³/mol. The van der Waals surface area contributed by atoms with Crippen LogP contribution < -0.4 is 4.74 Å². The minimum atomic E-state index is -4.42. The second kappa shape index (κ2) is 7.63. The summed E-state index contributed by atoms with van der Waals surface area (Å²) < 4.78 is 44.0. The van der Waals surface area contributed by atoms with Crippen molar-refractivity contribution in [1.82, 2.24) is 9.97 Å². The van der Waals surface area contributed by atoms with Crippen LogP contribution in [0.3, 0.4) is 0 Å². The molecule has 31 heavy (non-hydrogen) atoms. The fourth-order valence-corrected chi connectivity index (χ4v) is 3.39. The van der Waals surface area contributed by atoms with E-state index in [0.717, 1.165) is 12.1 Å². The lowest BCUT2D eigenvalue weighted by atomic mass is 10.0. The van der Waals surface area contributed by atoms with Gasteiger partial charge in [-0.25, -0.2) is 4.79 Å². The summed E-state index contributed by atoms with van der Waals surface area (Å²) in [5, 5.41) is 9.57. The molecule has 3 aromatic carbocycles. The second-order valence-corrected chi connectivity index (χ2v) is 7.26. The number of aromatic nitrogens is 2. The third-order valence-electron chi connectivity index (χ3n) is 4.73. The molecule has 0 aliphatic carbocycles. The zero-order valence-electron chi connectivity index (χ0n) is 15.9. The molecule has 1 heterocycles. The van der Waals surface area contributed by atoms with E-state index >= 15 is 0 Å². The lowest BCUT2D eigenvalue weighted by molar-refractivity contribution is -0.137. The topological polar surface area (TPSA) is 75.2 Å². The number of carboxylic acid groups (broad SMARTS) is 1. The van der Waals surface area contributed by atoms with E-state index in [1.165, 1.54) is 18.2 Å². The third kappa shape index (κ3) is 4.20. The Morgan fingerprint density at radius 2 is 1.81 bits per heavy atom. The monoisotopic (exact) mass is 446 g/mol. The van der Waals surface area contributed by atoms with Crippen LogP contribution in [0.5, 0.6) is 11.8 Å². The molecule has 0 saturated carbocycles. The molecule has 158 valence electrons. The van der Waals surface area contributed by atoms with Gasteiger partial charge in [0.15, 0.2) is 0 Å². The zero-order chi connectivity index (χ0) is 22.3. The van der Waals surface area contributed by atoms with Crippen molar-refractivity contribution in [3.63, 3.8) is 0 Å². The summed E-state index contributed by atoms with van der Waals surface area (Å²) in [6.07, 6.45) is -4.42. The Morgan fingerprint density at radius 1 is 1.10 bits per heavy atom. The number of imidazole rings is 1. The molecule has 0 aliphatic rings. The minimum Gasteiger partial charge on any atom is -0.478 e. The van der Waals surface area contributed by atoms with Crippen molar-refractivity contribution < 1.29 is 27.8 Å². The summed E-state index contributed by atoms with van der Waals surface area (Å²) >= 11 is 6.33. The second-order valence-electron chi connectivity index (χ2n) is 6.85. The highest BCUT2D eigenvalue weighted by Gasteiger charge is 2.30. The number of alkyl halides is 3. The van der Waals surface area contributed by atoms with E-state index in [1.54, 1.807) is 31.2 Å². The Bertz CT molecular complexity index is 1300. The maximum absolute atomic E-state index is 12.8. The summed E-state index contributed by atoms with van der Waals surface area (Å²) in [5.74, 6) is -0.781. The van der Waals surface area contributed by atoms with Crippen LogP contribution in [0, 0.1) is 6.92 Å². The molecule has 0 atom stereocenters. The molecule has 1 aromatic heterocycles. The van der Waals surface area contributed by atoms with Crippen molar-refractivity contribution in [2.24, 2.45) is 0 Å². The average molecular weight is 447 g/mol. The molecular formula is C22H14ClF3N2O3. The molecule has 0 spiro atoms. The number of ether oxygens (including phenoxy) is 1. The number of benzene rings is 3. The molecule has 4 aromatic rings. The van der Waals surface area contributed by atoms with Gasteiger partial charge in [0, 0.05) is 5.56 Å². The Balaban J connectivity index is 1.66. The van der Waals surface area contributed by atoms with Crippen LogP contribution in [0.1, 0.15) is 21.5 Å². The predicted octanol–water partition coefficient (Wildman–Crippen LogP) is 6.70. The van der Waals surface area contributed by atoms with Gasteiger partial charge in [0.25, 0.3) is 6.01 Å². The van der Waals surface area contributed by atoms with Crippen molar-refractivity contribution in [3.8, 4) is 22.9 Å². The van der Waals surface area contributed by atoms with Gasteiger partial charge in [-0.1, -0.05) is 29.8 Å². The number of aromatic carboxylic acids is 1. The van der Waals surface area contributed by atoms with Crippen molar-refractivity contribution in [2.75, 3.05) is 0 Å². The summed E-state index contributed by atoms with van der Waals surface area (Å²) in [6, 6.07) is 12.7. The average Bonchev–Trinajstić information content (AvgIpc) is 3.09. The number of hydrogen-bond acceptors (Lipinski definition) is 3. The van der Waals surface area contributed by atoms with Crippen molar-refractivity contribution in [1.29, 1.82) is 0 Å². The number of aryl methyl sites for hydroxylation is 1. The summed E-state index contributed by atoms with van der Waals surface area (Å²) in [4.78, 5) is 18.6. The van der Waals surface area contributed by atoms with Gasteiger partial charge in [-0.3, -0.25) is 0 Å². The maximum Gasteiger partial charge on any atom is 0.416 e. The number of carboxylic acids is 1. The van der Waals surface area contributed by atoms with Crippen LogP contribution in [-0.2, 0) is 6.18 Å². The zero-order valence-corrected chi connectivity index (χ0v) is 16.7. The largest absolute Gasteiger partial charge is 0.478 e. The lowest BCUT2D eigenvalue weighted by Gasteiger charge is -2.09. The molecular weight excluding hydrogens is 433 g/mol. The summed E-state index contributed by atoms with van der Waals surface area (Å²) in [5.41, 5.74) is 2.03. The molecule has 0 fully saturated rings. The van der Waals surface area contributed by atoms with Gasteiger partial charge in [0.05, 0.1) is 27.2 Å². The number of nitrogens with one attached hydrogen (secondary N) is 1. The van der Waals surface area contributed by atoms with Crippen molar-refractivity contribution in [2.45, 2.75) is 13.1 Å². The number of aromatic amines is 1. The molecule has 0 radical (unpaired) electrons. The quantitative estimate of drug-likeness (QED) is 0.365. The van der Waals surface area contributed by atoms with E-state index in [-0.39, 0.29) is 17.3 Å². The summed E-state index contributed by atoms with van der Waals surface area (Å²) in [6.45, 7) is 1.68. The van der Waals surface area contributed by atoms with Crippen LogP contribution in [0.2, 0.25) is 5.02 Å². The molecule has 2 N–H and O–H groups in total. The number of carbonyl (C=O) groups is 1. The van der Waals surface area contributed by atoms with Crippen LogP contribution in [0.25, 0.3) is 22.2 Å². The lowest BCUT2D eigenvalue weighted by Crippen LogP contribution is -2.04. The van der Waals surface area contributed by atoms with E-state index in [4.69, 9.17) is 16.3 Å². The molecule has 0 bridgehead atoms. The Kier molecular flexibility index (Phi) is 5.10. The van der Waals surface area contributed by atoms with Crippen LogP contribution in [-0.4, -0.2) is 21.0 Å². The number of fused-ring (bicyclic) bond motifs is 1. The van der Waals surface area contributed by atoms with Crippen molar-refractivity contribution >= 4 is 28.6 Å². The van der Waals surface area contributed by atoms with Crippen LogP contribution in [0.4, 0.5) is 13.2 Å². The van der Waals surface area contributed by atoms with Gasteiger partial charge in [0.1, 0.15) is 5.75 Å². The van der Waals surface area contributed by atoms with E-state index in [1.807, 2.05) is 0 Å². The highest BCUT2D eigenvalue weighted by atomic mass is 35.5. The maximum atomic E-state index is 12.8. The first-order valence-electron chi connectivity index (χ1n) is 9.00. The van der Waals surface area contributed by atoms with Crippen LogP contribution in [0.15, 0.2) is 54.6 Å². The normalized spacial score (nSPS) is 11.6. The standard InChI is InChI=1S/C22H14ClF3N2O3/c1-11-2-7-14(8-15(11)20(29)30)31-21-27-18-9-16(17(23)10-19(18)28-21)12-3-5-13(6-4-12)22(24,25)26/h2-10H,1H3,(H,27,28)(H,29,30). The SMILES string of the molecule is Cc1ccc(Oc2nc3cc(-c4ccc(C(F)(F)F)cc4)c(Cl)cc3[nH]2)cc1C(=O)O. The number of nitrogens with zero attached hydrogens (tertiary/aromatic N) is 1. The Hall–Kier alpha value is -3.52. The van der Waals surface area contributed by atoms with E-state index in [0.29, 0.717) is 32.7 Å². The van der Waals surface area contributed by atoms with Gasteiger partial charge in [0.2, 0.25) is 0 Å². The first-order chi connectivity index (χ1) is 14.6. The van der Waals surface area contributed by atoms with E-state index in [9.17, 15) is 23.1 Å². The fourth-order valence-electron chi connectivity index (χ4n) is 3.12. The van der Waals surface area contributed by atoms with Gasteiger partial charge in [-0.15, -0.1) is 0 Å². The van der Waals surface area contributed by atoms with Gasteiger partial charge >= 0.3 is 12.1 Å². The van der Waals surface area contributed by atoms with Gasteiger partial charge in [-0.2, -0.15) is 18.2 Å². The van der Waals surface area contributed by atoms with Gasteiger partial charge in [-0.05, 0) is 54.4 Å². The summed E-state index contributed by atoms with van der Waals surface area (Å²) in [7, 11) is 0. The first-order valence-corrected chi connectivity index (χ1v) is 9.38. The van der Waals surface area contributed by atoms with Crippen LogP contribution >= 0.6 is 11.6 Å². The van der Waals surface area contributed by atoms with E-state index < -0.39 is 17.7 Å². The smallest absolute Gasteiger partial charge is 0.416 e. The first kappa shape index (κ1) is 20.7. The molecule has 4 rings (SSSR count). The van der Waals surface area contributed by atoms with Crippen molar-refractivity contribution in [3.05, 3.63) is 76.3 Å². The molecule has 5 nitrogen and oxygen atoms in total. The number of H-pyrrole nitrogens is 1. The Labute approximate surface area is 179 Å². The number of halogens is 4. The number of hydrogen-bond donors (Lipinski definition) is 2.